The van der Waals surface area contributed by atoms with Crippen molar-refractivity contribution in [2.24, 2.45) is 0 Å². The summed E-state index contributed by atoms with van der Waals surface area (Å²) in [5.41, 5.74) is 2.06. The Kier molecular flexibility index (Phi) is 5.14. The van der Waals surface area contributed by atoms with E-state index in [-0.39, 0.29) is 12.4 Å². The molecular formula is C17H17NO4. The highest BCUT2D eigenvalue weighted by atomic mass is 16.5. The quantitative estimate of drug-likeness (QED) is 0.657. The molecule has 2 N–H and O–H groups in total. The van der Waals surface area contributed by atoms with Crippen LogP contribution in [0, 0.1) is 0 Å². The van der Waals surface area contributed by atoms with Gasteiger partial charge in [-0.1, -0.05) is 19.1 Å². The van der Waals surface area contributed by atoms with Gasteiger partial charge in [-0.05, 0) is 48.4 Å². The van der Waals surface area contributed by atoms with E-state index in [1.165, 1.54) is 12.1 Å². The number of amides is 1. The number of esters is 1. The van der Waals surface area contributed by atoms with Crippen molar-refractivity contribution in [3.63, 3.8) is 0 Å². The molecule has 2 aromatic rings. The fourth-order valence-electron chi connectivity index (χ4n) is 1.83. The SMILES string of the molecule is CCc1ccc(C(=O)OCC(=O)Nc2ccc(O)cc2)cc1. The van der Waals surface area contributed by atoms with Gasteiger partial charge < -0.3 is 15.2 Å². The van der Waals surface area contributed by atoms with Gasteiger partial charge in [0.2, 0.25) is 0 Å². The molecule has 0 spiro atoms. The van der Waals surface area contributed by atoms with Crippen molar-refractivity contribution >= 4 is 17.6 Å². The molecule has 0 aromatic heterocycles. The van der Waals surface area contributed by atoms with Crippen LogP contribution in [-0.4, -0.2) is 23.6 Å². The average molecular weight is 299 g/mol. The van der Waals surface area contributed by atoms with E-state index in [1.54, 1.807) is 24.3 Å². The molecule has 1 amide bonds. The molecule has 0 bridgehead atoms. The third kappa shape index (κ3) is 4.34. The molecular weight excluding hydrogens is 282 g/mol. The van der Waals surface area contributed by atoms with Gasteiger partial charge >= 0.3 is 5.97 Å². The molecule has 0 aliphatic heterocycles. The molecule has 2 rings (SSSR count). The molecule has 5 heteroatoms. The van der Waals surface area contributed by atoms with Gasteiger partial charge in [0.15, 0.2) is 6.61 Å². The summed E-state index contributed by atoms with van der Waals surface area (Å²) in [5.74, 6) is -0.868. The molecule has 22 heavy (non-hydrogen) atoms. The number of aromatic hydroxyl groups is 1. The van der Waals surface area contributed by atoms with Crippen molar-refractivity contribution in [3.05, 3.63) is 59.7 Å². The first-order valence-electron chi connectivity index (χ1n) is 6.93. The Balaban J connectivity index is 1.84. The zero-order valence-corrected chi connectivity index (χ0v) is 12.2. The van der Waals surface area contributed by atoms with E-state index in [0.29, 0.717) is 11.3 Å². The number of hydrogen-bond donors (Lipinski definition) is 2. The summed E-state index contributed by atoms with van der Waals surface area (Å²) in [5, 5.41) is 11.7. The van der Waals surface area contributed by atoms with Crippen molar-refractivity contribution in [2.75, 3.05) is 11.9 Å². The van der Waals surface area contributed by atoms with Crippen molar-refractivity contribution in [1.82, 2.24) is 0 Å². The molecule has 0 saturated carbocycles. The molecule has 0 fully saturated rings. The van der Waals surface area contributed by atoms with Crippen LogP contribution in [0.2, 0.25) is 0 Å². The summed E-state index contributed by atoms with van der Waals surface area (Å²) in [7, 11) is 0. The van der Waals surface area contributed by atoms with Crippen molar-refractivity contribution in [2.45, 2.75) is 13.3 Å². The number of aryl methyl sites for hydroxylation is 1. The summed E-state index contributed by atoms with van der Waals surface area (Å²) in [6.45, 7) is 1.66. The number of carbonyl (C=O) groups is 2. The lowest BCUT2D eigenvalue weighted by Gasteiger charge is -2.07. The normalized spacial score (nSPS) is 10.0. The second-order valence-corrected chi connectivity index (χ2v) is 4.72. The van der Waals surface area contributed by atoms with E-state index < -0.39 is 11.9 Å². The Labute approximate surface area is 128 Å². The molecule has 114 valence electrons. The number of phenols is 1. The number of ether oxygens (including phenoxy) is 1. The third-order valence-corrected chi connectivity index (χ3v) is 3.08. The smallest absolute Gasteiger partial charge is 0.338 e. The van der Waals surface area contributed by atoms with E-state index in [0.717, 1.165) is 12.0 Å². The minimum Gasteiger partial charge on any atom is -0.508 e. The number of phenolic OH excluding ortho intramolecular Hbond substituents is 1. The number of hydrogen-bond acceptors (Lipinski definition) is 4. The maximum Gasteiger partial charge on any atom is 0.338 e. The van der Waals surface area contributed by atoms with Crippen LogP contribution in [0.3, 0.4) is 0 Å². The Bertz CT molecular complexity index is 647. The van der Waals surface area contributed by atoms with Gasteiger partial charge in [0.05, 0.1) is 5.56 Å². The van der Waals surface area contributed by atoms with Crippen LogP contribution in [0.15, 0.2) is 48.5 Å². The first-order chi connectivity index (χ1) is 10.6. The Morgan fingerprint density at radius 1 is 1.05 bits per heavy atom. The fraction of sp³-hybridized carbons (Fsp3) is 0.176. The predicted molar refractivity (Wildman–Crippen MR) is 82.8 cm³/mol. The number of anilines is 1. The van der Waals surface area contributed by atoms with Crippen LogP contribution in [0.4, 0.5) is 5.69 Å². The molecule has 0 aliphatic carbocycles. The summed E-state index contributed by atoms with van der Waals surface area (Å²) in [4.78, 5) is 23.5. The van der Waals surface area contributed by atoms with Gasteiger partial charge in [-0.3, -0.25) is 4.79 Å². The molecule has 0 saturated heterocycles. The van der Waals surface area contributed by atoms with Crippen LogP contribution < -0.4 is 5.32 Å². The van der Waals surface area contributed by atoms with Crippen LogP contribution in [0.25, 0.3) is 0 Å². The molecule has 0 unspecified atom stereocenters. The minimum absolute atomic E-state index is 0.111. The molecule has 0 atom stereocenters. The standard InChI is InChI=1S/C17H17NO4/c1-2-12-3-5-13(6-4-12)17(21)22-11-16(20)18-14-7-9-15(19)10-8-14/h3-10,19H,2,11H2,1H3,(H,18,20). The molecule has 0 radical (unpaired) electrons. The van der Waals surface area contributed by atoms with Gasteiger partial charge in [-0.2, -0.15) is 0 Å². The van der Waals surface area contributed by atoms with Crippen LogP contribution in [0.1, 0.15) is 22.8 Å². The monoisotopic (exact) mass is 299 g/mol. The summed E-state index contributed by atoms with van der Waals surface area (Å²) in [6.07, 6.45) is 0.893. The van der Waals surface area contributed by atoms with Crippen molar-refractivity contribution < 1.29 is 19.4 Å². The van der Waals surface area contributed by atoms with E-state index in [9.17, 15) is 9.59 Å². The van der Waals surface area contributed by atoms with Gasteiger partial charge in [0.25, 0.3) is 5.91 Å². The summed E-state index contributed by atoms with van der Waals surface area (Å²) < 4.78 is 4.96. The van der Waals surface area contributed by atoms with E-state index in [1.807, 2.05) is 19.1 Å². The highest BCUT2D eigenvalue weighted by molar-refractivity contribution is 5.95. The largest absolute Gasteiger partial charge is 0.508 e. The highest BCUT2D eigenvalue weighted by Gasteiger charge is 2.10. The highest BCUT2D eigenvalue weighted by Crippen LogP contribution is 2.13. The molecule has 0 heterocycles. The zero-order chi connectivity index (χ0) is 15.9. The second-order valence-electron chi connectivity index (χ2n) is 4.72. The lowest BCUT2D eigenvalue weighted by Crippen LogP contribution is -2.20. The lowest BCUT2D eigenvalue weighted by molar-refractivity contribution is -0.119. The van der Waals surface area contributed by atoms with Crippen LogP contribution in [0.5, 0.6) is 5.75 Å². The zero-order valence-electron chi connectivity index (χ0n) is 12.2. The fourth-order valence-corrected chi connectivity index (χ4v) is 1.83. The molecule has 0 aliphatic rings. The van der Waals surface area contributed by atoms with E-state index in [4.69, 9.17) is 9.84 Å². The van der Waals surface area contributed by atoms with Crippen LogP contribution in [-0.2, 0) is 16.0 Å². The summed E-state index contributed by atoms with van der Waals surface area (Å²) in [6, 6.07) is 13.1. The van der Waals surface area contributed by atoms with Gasteiger partial charge in [0.1, 0.15) is 5.75 Å². The van der Waals surface area contributed by atoms with E-state index >= 15 is 0 Å². The van der Waals surface area contributed by atoms with Crippen LogP contribution >= 0.6 is 0 Å². The maximum absolute atomic E-state index is 11.8. The van der Waals surface area contributed by atoms with Gasteiger partial charge in [0, 0.05) is 5.69 Å². The van der Waals surface area contributed by atoms with Crippen molar-refractivity contribution in [3.8, 4) is 5.75 Å². The second kappa shape index (κ2) is 7.26. The number of nitrogens with one attached hydrogen (secondary N) is 1. The van der Waals surface area contributed by atoms with Gasteiger partial charge in [-0.15, -0.1) is 0 Å². The molecule has 2 aromatic carbocycles. The first-order valence-corrected chi connectivity index (χ1v) is 6.93. The first kappa shape index (κ1) is 15.6. The number of carbonyl (C=O) groups excluding carboxylic acids is 2. The topological polar surface area (TPSA) is 75.6 Å². The van der Waals surface area contributed by atoms with Crippen molar-refractivity contribution in [1.29, 1.82) is 0 Å². The lowest BCUT2D eigenvalue weighted by atomic mass is 10.1. The maximum atomic E-state index is 11.8. The Morgan fingerprint density at radius 2 is 1.68 bits per heavy atom. The Morgan fingerprint density at radius 3 is 2.27 bits per heavy atom. The van der Waals surface area contributed by atoms with E-state index in [2.05, 4.69) is 5.32 Å². The minimum atomic E-state index is -0.538. The summed E-state index contributed by atoms with van der Waals surface area (Å²) >= 11 is 0. The number of benzene rings is 2. The predicted octanol–water partition coefficient (Wildman–Crippen LogP) is 2.75. The molecule has 5 nitrogen and oxygen atoms in total. The third-order valence-electron chi connectivity index (χ3n) is 3.08. The Hall–Kier alpha value is -2.82. The van der Waals surface area contributed by atoms with Gasteiger partial charge in [-0.25, -0.2) is 4.79 Å². The number of rotatable bonds is 5. The average Bonchev–Trinajstić information content (AvgIpc) is 2.55.